The average Bonchev–Trinajstić information content (AvgIpc) is 2.24. The highest BCUT2D eigenvalue weighted by atomic mass is 32.2. The molecule has 0 spiro atoms. The topological polar surface area (TPSA) is 83.8 Å². The van der Waals surface area contributed by atoms with Crippen LogP contribution in [0.3, 0.4) is 0 Å². The molecule has 0 atom stereocenters. The summed E-state index contributed by atoms with van der Waals surface area (Å²) in [5.74, 6) is -0.960. The van der Waals surface area contributed by atoms with Crippen LogP contribution in [0, 0.1) is 5.82 Å². The maximum absolute atomic E-state index is 13.8. The van der Waals surface area contributed by atoms with Crippen molar-refractivity contribution >= 4 is 22.4 Å². The molecule has 118 valence electrons. The van der Waals surface area contributed by atoms with E-state index in [0.717, 1.165) is 18.4 Å². The van der Waals surface area contributed by atoms with Gasteiger partial charge < -0.3 is 14.8 Å². The Morgan fingerprint density at radius 2 is 1.76 bits per heavy atom. The molecule has 8 heteroatoms. The van der Waals surface area contributed by atoms with E-state index in [0.29, 0.717) is 0 Å². The van der Waals surface area contributed by atoms with E-state index < -0.39 is 38.9 Å². The van der Waals surface area contributed by atoms with Gasteiger partial charge in [0.25, 0.3) is 0 Å². The lowest BCUT2D eigenvalue weighted by atomic mass is 9.76. The molecule has 5 nitrogen and oxygen atoms in total. The SMILES string of the molecule is CC(C)(O)C(C)(C)OB(O)c1ccc(S(C)(=O)=O)c(F)c1. The first-order valence-electron chi connectivity index (χ1n) is 6.33. The fourth-order valence-corrected chi connectivity index (χ4v) is 2.19. The number of benzene rings is 1. The average molecular weight is 318 g/mol. The van der Waals surface area contributed by atoms with Crippen LogP contribution >= 0.6 is 0 Å². The molecular formula is C13H20BFO5S. The van der Waals surface area contributed by atoms with E-state index in [1.807, 2.05) is 0 Å². The van der Waals surface area contributed by atoms with Gasteiger partial charge in [-0.3, -0.25) is 0 Å². The third-order valence-electron chi connectivity index (χ3n) is 3.52. The summed E-state index contributed by atoms with van der Waals surface area (Å²) in [6.45, 7) is 6.20. The standard InChI is InChI=1S/C13H20BFO5S/c1-12(2,16)13(3,4)20-14(17)9-6-7-11(10(15)8-9)21(5,18)19/h6-8,16-17H,1-5H3. The van der Waals surface area contributed by atoms with Crippen molar-refractivity contribution in [3.63, 3.8) is 0 Å². The van der Waals surface area contributed by atoms with E-state index >= 15 is 0 Å². The third kappa shape index (κ3) is 4.26. The van der Waals surface area contributed by atoms with Gasteiger partial charge in [-0.15, -0.1) is 0 Å². The van der Waals surface area contributed by atoms with Gasteiger partial charge in [-0.2, -0.15) is 0 Å². The summed E-state index contributed by atoms with van der Waals surface area (Å²) in [5.41, 5.74) is -2.27. The lowest BCUT2D eigenvalue weighted by molar-refractivity contribution is -0.0982. The Labute approximate surface area is 124 Å². The van der Waals surface area contributed by atoms with Gasteiger partial charge in [0.05, 0.1) is 11.2 Å². The molecule has 0 fully saturated rings. The van der Waals surface area contributed by atoms with Gasteiger partial charge in [0.2, 0.25) is 0 Å². The van der Waals surface area contributed by atoms with Crippen molar-refractivity contribution < 1.29 is 27.6 Å². The highest BCUT2D eigenvalue weighted by molar-refractivity contribution is 7.90. The van der Waals surface area contributed by atoms with E-state index in [9.17, 15) is 22.9 Å². The zero-order valence-corrected chi connectivity index (χ0v) is 13.5. The van der Waals surface area contributed by atoms with Crippen molar-refractivity contribution in [2.24, 2.45) is 0 Å². The van der Waals surface area contributed by atoms with Gasteiger partial charge in [-0.1, -0.05) is 6.07 Å². The molecule has 21 heavy (non-hydrogen) atoms. The Morgan fingerprint density at radius 1 is 1.24 bits per heavy atom. The Bertz CT molecular complexity index is 622. The van der Waals surface area contributed by atoms with Crippen molar-refractivity contribution in [3.05, 3.63) is 24.0 Å². The molecule has 0 aromatic heterocycles. The minimum Gasteiger partial charge on any atom is -0.423 e. The molecule has 0 saturated carbocycles. The molecule has 1 aromatic carbocycles. The molecule has 0 aliphatic rings. The van der Waals surface area contributed by atoms with E-state index in [1.165, 1.54) is 19.9 Å². The van der Waals surface area contributed by atoms with E-state index in [1.54, 1.807) is 13.8 Å². The van der Waals surface area contributed by atoms with Crippen molar-refractivity contribution in [1.82, 2.24) is 0 Å². The third-order valence-corrected chi connectivity index (χ3v) is 4.65. The number of rotatable bonds is 5. The van der Waals surface area contributed by atoms with Crippen LogP contribution in [0.5, 0.6) is 0 Å². The lowest BCUT2D eigenvalue weighted by Gasteiger charge is -2.38. The fraction of sp³-hybridized carbons (Fsp3) is 0.538. The van der Waals surface area contributed by atoms with Crippen LogP contribution in [-0.4, -0.2) is 43.1 Å². The summed E-state index contributed by atoms with van der Waals surface area (Å²) >= 11 is 0. The number of aliphatic hydroxyl groups is 1. The maximum atomic E-state index is 13.8. The van der Waals surface area contributed by atoms with Gasteiger partial charge in [-0.25, -0.2) is 12.8 Å². The summed E-state index contributed by atoms with van der Waals surface area (Å²) in [6.07, 6.45) is 0.898. The second kappa shape index (κ2) is 5.68. The highest BCUT2D eigenvalue weighted by Crippen LogP contribution is 2.25. The Kier molecular flexibility index (Phi) is 4.89. The highest BCUT2D eigenvalue weighted by Gasteiger charge is 2.39. The van der Waals surface area contributed by atoms with Crippen LogP contribution < -0.4 is 5.46 Å². The van der Waals surface area contributed by atoms with Crippen LogP contribution in [0.4, 0.5) is 4.39 Å². The number of sulfone groups is 1. The number of hydrogen-bond acceptors (Lipinski definition) is 5. The van der Waals surface area contributed by atoms with Gasteiger partial charge in [0, 0.05) is 6.26 Å². The van der Waals surface area contributed by atoms with Crippen LogP contribution in [0.2, 0.25) is 0 Å². The molecule has 0 radical (unpaired) electrons. The Balaban J connectivity index is 3.06. The van der Waals surface area contributed by atoms with Crippen molar-refractivity contribution in [3.8, 4) is 0 Å². The minimum atomic E-state index is -3.67. The van der Waals surface area contributed by atoms with Gasteiger partial charge in [0.1, 0.15) is 10.7 Å². The van der Waals surface area contributed by atoms with Crippen LogP contribution in [0.15, 0.2) is 23.1 Å². The largest absolute Gasteiger partial charge is 0.491 e. The van der Waals surface area contributed by atoms with Gasteiger partial charge in [-0.05, 0) is 45.3 Å². The molecule has 0 amide bonds. The smallest absolute Gasteiger partial charge is 0.423 e. The summed E-state index contributed by atoms with van der Waals surface area (Å²) < 4.78 is 41.8. The summed E-state index contributed by atoms with van der Waals surface area (Å²) in [4.78, 5) is -0.444. The molecule has 0 aliphatic heterocycles. The zero-order valence-electron chi connectivity index (χ0n) is 12.7. The molecule has 1 rings (SSSR count). The molecule has 0 heterocycles. The first kappa shape index (κ1) is 18.1. The Morgan fingerprint density at radius 3 is 2.14 bits per heavy atom. The molecular weight excluding hydrogens is 298 g/mol. The summed E-state index contributed by atoms with van der Waals surface area (Å²) in [5, 5.41) is 19.9. The second-order valence-electron chi connectivity index (χ2n) is 6.00. The van der Waals surface area contributed by atoms with Crippen LogP contribution in [-0.2, 0) is 14.5 Å². The van der Waals surface area contributed by atoms with Crippen molar-refractivity contribution in [2.45, 2.75) is 43.8 Å². The molecule has 2 N–H and O–H groups in total. The minimum absolute atomic E-state index is 0.0669. The molecule has 0 unspecified atom stereocenters. The summed E-state index contributed by atoms with van der Waals surface area (Å²) in [6, 6.07) is 3.25. The van der Waals surface area contributed by atoms with E-state index in [4.69, 9.17) is 4.65 Å². The van der Waals surface area contributed by atoms with Crippen LogP contribution in [0.1, 0.15) is 27.7 Å². The first-order valence-corrected chi connectivity index (χ1v) is 8.22. The Hall–Kier alpha value is -0.955. The zero-order chi connectivity index (χ0) is 16.6. The molecule has 0 saturated heterocycles. The van der Waals surface area contributed by atoms with Crippen LogP contribution in [0.25, 0.3) is 0 Å². The summed E-state index contributed by atoms with van der Waals surface area (Å²) in [7, 11) is -5.16. The normalized spacial score (nSPS) is 13.3. The van der Waals surface area contributed by atoms with E-state index in [2.05, 4.69) is 0 Å². The molecule has 1 aromatic rings. The molecule has 0 aliphatic carbocycles. The van der Waals surface area contributed by atoms with Crippen molar-refractivity contribution in [1.29, 1.82) is 0 Å². The monoisotopic (exact) mass is 318 g/mol. The lowest BCUT2D eigenvalue weighted by Crippen LogP contribution is -2.53. The van der Waals surface area contributed by atoms with Gasteiger partial charge >= 0.3 is 7.12 Å². The fourth-order valence-electron chi connectivity index (χ4n) is 1.46. The van der Waals surface area contributed by atoms with Crippen molar-refractivity contribution in [2.75, 3.05) is 6.26 Å². The number of hydrogen-bond donors (Lipinski definition) is 2. The first-order chi connectivity index (χ1) is 9.25. The molecule has 0 bridgehead atoms. The maximum Gasteiger partial charge on any atom is 0.491 e. The van der Waals surface area contributed by atoms with Gasteiger partial charge in [0.15, 0.2) is 9.84 Å². The predicted molar refractivity (Wildman–Crippen MR) is 78.6 cm³/mol. The predicted octanol–water partition coefficient (Wildman–Crippen LogP) is 0.483. The van der Waals surface area contributed by atoms with E-state index in [-0.39, 0.29) is 5.46 Å². The number of halogens is 1. The quantitative estimate of drug-likeness (QED) is 0.772. The second-order valence-corrected chi connectivity index (χ2v) is 7.99.